The van der Waals surface area contributed by atoms with Crippen molar-refractivity contribution in [3.05, 3.63) is 71.9 Å². The quantitative estimate of drug-likeness (QED) is 0.335. The number of ether oxygens (including phenoxy) is 1. The Bertz CT molecular complexity index is 1280. The molecule has 0 amide bonds. The van der Waals surface area contributed by atoms with Crippen molar-refractivity contribution in [1.82, 2.24) is 15.1 Å². The van der Waals surface area contributed by atoms with Crippen LogP contribution in [0.25, 0.3) is 34.0 Å². The summed E-state index contributed by atoms with van der Waals surface area (Å²) in [5.74, 6) is 0.494. The highest BCUT2D eigenvalue weighted by molar-refractivity contribution is 5.85. The molecule has 0 saturated carbocycles. The first-order valence-electron chi connectivity index (χ1n) is 10.5. The number of benzene rings is 2. The number of anilines is 1. The van der Waals surface area contributed by atoms with Crippen LogP contribution >= 0.6 is 12.4 Å². The molecule has 0 unspecified atom stereocenters. The summed E-state index contributed by atoms with van der Waals surface area (Å²) in [6.07, 6.45) is 1.61. The number of aliphatic carboxylic acids is 1. The zero-order valence-corrected chi connectivity index (χ0v) is 19.6. The first-order chi connectivity index (χ1) is 16.0. The van der Waals surface area contributed by atoms with Crippen molar-refractivity contribution >= 4 is 24.2 Å². The Morgan fingerprint density at radius 1 is 1.09 bits per heavy atom. The third-order valence-corrected chi connectivity index (χ3v) is 5.18. The van der Waals surface area contributed by atoms with Crippen LogP contribution in [0.3, 0.4) is 0 Å². The molecular weight excluding hydrogens is 456 g/mol. The van der Waals surface area contributed by atoms with E-state index in [0.29, 0.717) is 29.7 Å². The van der Waals surface area contributed by atoms with Crippen molar-refractivity contribution in [1.29, 1.82) is 0 Å². The van der Waals surface area contributed by atoms with Gasteiger partial charge in [0.15, 0.2) is 0 Å². The van der Waals surface area contributed by atoms with Gasteiger partial charge in [-0.15, -0.1) is 12.4 Å². The number of carbonyl (C=O) groups is 1. The number of hydrogen-bond donors (Lipinski definition) is 2. The van der Waals surface area contributed by atoms with Crippen molar-refractivity contribution < 1.29 is 19.2 Å². The van der Waals surface area contributed by atoms with Crippen LogP contribution < -0.4 is 5.32 Å². The molecule has 2 aromatic carbocycles. The van der Waals surface area contributed by atoms with Crippen molar-refractivity contribution in [2.75, 3.05) is 19.0 Å². The van der Waals surface area contributed by atoms with Gasteiger partial charge in [0, 0.05) is 31.0 Å². The fourth-order valence-electron chi connectivity index (χ4n) is 3.56. The summed E-state index contributed by atoms with van der Waals surface area (Å²) in [7, 11) is 1.67. The van der Waals surface area contributed by atoms with E-state index < -0.39 is 5.97 Å². The van der Waals surface area contributed by atoms with Crippen molar-refractivity contribution in [3.8, 4) is 34.0 Å². The number of aromatic nitrogens is 3. The Morgan fingerprint density at radius 3 is 2.68 bits per heavy atom. The number of halogens is 1. The van der Waals surface area contributed by atoms with Crippen molar-refractivity contribution in [2.45, 2.75) is 20.0 Å². The van der Waals surface area contributed by atoms with Gasteiger partial charge in [-0.05, 0) is 53.4 Å². The Labute approximate surface area is 203 Å². The molecule has 0 aliphatic heterocycles. The van der Waals surface area contributed by atoms with Crippen LogP contribution in [0.5, 0.6) is 0 Å². The number of carboxylic acids is 1. The molecule has 0 bridgehead atoms. The lowest BCUT2D eigenvalue weighted by atomic mass is 9.94. The van der Waals surface area contributed by atoms with Crippen LogP contribution in [0.2, 0.25) is 0 Å². The predicted octanol–water partition coefficient (Wildman–Crippen LogP) is 5.23. The van der Waals surface area contributed by atoms with Gasteiger partial charge in [-0.25, -0.2) is 4.98 Å². The zero-order chi connectivity index (χ0) is 23.2. The Kier molecular flexibility index (Phi) is 8.34. The molecule has 2 aromatic heterocycles. The normalized spacial score (nSPS) is 10.5. The first-order valence-corrected chi connectivity index (χ1v) is 10.5. The van der Waals surface area contributed by atoms with Gasteiger partial charge in [-0.2, -0.15) is 4.98 Å². The van der Waals surface area contributed by atoms with E-state index in [1.807, 2.05) is 30.3 Å². The molecule has 0 atom stereocenters. The lowest BCUT2D eigenvalue weighted by molar-refractivity contribution is -0.136. The molecule has 176 valence electrons. The third-order valence-electron chi connectivity index (χ3n) is 5.18. The fourth-order valence-corrected chi connectivity index (χ4v) is 3.56. The summed E-state index contributed by atoms with van der Waals surface area (Å²) >= 11 is 0. The standard InChI is InChI=1S/C25H24N4O4.ClH/c1-16-5-3-4-6-20(16)21-8-7-18(13-19(21)15-32-2)25-28-24(29-33-25)17-9-11-26-22(14-17)27-12-10-23(30)31;/h3-9,11,13-14H,10,12,15H2,1-2H3,(H,26,27)(H,30,31);1H. The summed E-state index contributed by atoms with van der Waals surface area (Å²) in [6.45, 7) is 2.82. The van der Waals surface area contributed by atoms with Gasteiger partial charge in [0.1, 0.15) is 5.82 Å². The maximum absolute atomic E-state index is 10.7. The molecular formula is C25H25ClN4O4. The van der Waals surface area contributed by atoms with Crippen LogP contribution in [0, 0.1) is 6.92 Å². The molecule has 0 spiro atoms. The van der Waals surface area contributed by atoms with Crippen LogP contribution in [-0.4, -0.2) is 39.9 Å². The number of carboxylic acid groups (broad SMARTS) is 1. The topological polar surface area (TPSA) is 110 Å². The Hall–Kier alpha value is -3.75. The van der Waals surface area contributed by atoms with Crippen LogP contribution in [0.4, 0.5) is 5.82 Å². The van der Waals surface area contributed by atoms with E-state index in [1.54, 1.807) is 25.4 Å². The third kappa shape index (κ3) is 5.78. The van der Waals surface area contributed by atoms with Gasteiger partial charge in [-0.3, -0.25) is 4.79 Å². The number of nitrogens with one attached hydrogen (secondary N) is 1. The fraction of sp³-hybridized carbons (Fsp3) is 0.200. The molecule has 34 heavy (non-hydrogen) atoms. The minimum Gasteiger partial charge on any atom is -0.481 e. The van der Waals surface area contributed by atoms with Crippen molar-refractivity contribution in [2.24, 2.45) is 0 Å². The van der Waals surface area contributed by atoms with Crippen molar-refractivity contribution in [3.63, 3.8) is 0 Å². The summed E-state index contributed by atoms with van der Waals surface area (Å²) < 4.78 is 11.0. The second kappa shape index (κ2) is 11.4. The van der Waals surface area contributed by atoms with E-state index in [1.165, 1.54) is 5.56 Å². The first kappa shape index (κ1) is 24.9. The van der Waals surface area contributed by atoms with E-state index in [4.69, 9.17) is 14.4 Å². The number of hydrogen-bond acceptors (Lipinski definition) is 7. The summed E-state index contributed by atoms with van der Waals surface area (Å²) in [5.41, 5.74) is 5.98. The average molecular weight is 481 g/mol. The number of pyridine rings is 1. The monoisotopic (exact) mass is 480 g/mol. The predicted molar refractivity (Wildman–Crippen MR) is 132 cm³/mol. The van der Waals surface area contributed by atoms with E-state index in [-0.39, 0.29) is 25.4 Å². The zero-order valence-electron chi connectivity index (χ0n) is 18.8. The molecule has 4 aromatic rings. The minimum absolute atomic E-state index is 0. The molecule has 8 nitrogen and oxygen atoms in total. The highest BCUT2D eigenvalue weighted by Crippen LogP contribution is 2.31. The molecule has 0 aliphatic rings. The summed E-state index contributed by atoms with van der Waals surface area (Å²) in [5, 5.41) is 15.9. The largest absolute Gasteiger partial charge is 0.481 e. The summed E-state index contributed by atoms with van der Waals surface area (Å²) in [6, 6.07) is 17.8. The lowest BCUT2D eigenvalue weighted by Crippen LogP contribution is -2.08. The number of nitrogens with zero attached hydrogens (tertiary/aromatic N) is 3. The molecule has 0 saturated heterocycles. The minimum atomic E-state index is -0.872. The smallest absolute Gasteiger partial charge is 0.305 e. The molecule has 4 rings (SSSR count). The maximum atomic E-state index is 10.7. The van der Waals surface area contributed by atoms with Crippen LogP contribution in [-0.2, 0) is 16.1 Å². The van der Waals surface area contributed by atoms with Gasteiger partial charge in [0.2, 0.25) is 5.82 Å². The van der Waals surface area contributed by atoms with Gasteiger partial charge < -0.3 is 19.7 Å². The summed E-state index contributed by atoms with van der Waals surface area (Å²) in [4.78, 5) is 19.5. The number of methoxy groups -OCH3 is 1. The van der Waals surface area contributed by atoms with E-state index in [0.717, 1.165) is 22.3 Å². The SMILES string of the molecule is COCc1cc(-c2nc(-c3ccnc(NCCC(=O)O)c3)no2)ccc1-c1ccccc1C.Cl. The molecule has 0 aliphatic carbocycles. The highest BCUT2D eigenvalue weighted by atomic mass is 35.5. The Morgan fingerprint density at radius 2 is 1.91 bits per heavy atom. The van der Waals surface area contributed by atoms with Gasteiger partial charge in [-0.1, -0.05) is 35.5 Å². The van der Waals surface area contributed by atoms with Crippen LogP contribution in [0.1, 0.15) is 17.5 Å². The maximum Gasteiger partial charge on any atom is 0.305 e. The molecule has 2 N–H and O–H groups in total. The molecule has 0 radical (unpaired) electrons. The average Bonchev–Trinajstić information content (AvgIpc) is 3.30. The molecule has 0 fully saturated rings. The van der Waals surface area contributed by atoms with Gasteiger partial charge in [0.25, 0.3) is 5.89 Å². The van der Waals surface area contributed by atoms with E-state index >= 15 is 0 Å². The number of rotatable bonds is 9. The van der Waals surface area contributed by atoms with E-state index in [9.17, 15) is 4.79 Å². The lowest BCUT2D eigenvalue weighted by Gasteiger charge is -2.12. The van der Waals surface area contributed by atoms with E-state index in [2.05, 4.69) is 39.5 Å². The second-order valence-electron chi connectivity index (χ2n) is 7.54. The van der Waals surface area contributed by atoms with Crippen LogP contribution in [0.15, 0.2) is 65.3 Å². The second-order valence-corrected chi connectivity index (χ2v) is 7.54. The molecule has 2 heterocycles. The number of aryl methyl sites for hydroxylation is 1. The van der Waals surface area contributed by atoms with Gasteiger partial charge in [0.05, 0.1) is 13.0 Å². The Balaban J connectivity index is 0.00000324. The molecule has 9 heteroatoms. The van der Waals surface area contributed by atoms with Gasteiger partial charge >= 0.3 is 5.97 Å². The highest BCUT2D eigenvalue weighted by Gasteiger charge is 2.15.